The van der Waals surface area contributed by atoms with Crippen LogP contribution < -0.4 is 10.2 Å². The summed E-state index contributed by atoms with van der Waals surface area (Å²) < 4.78 is 0. The van der Waals surface area contributed by atoms with Crippen LogP contribution in [0.4, 0.5) is 5.95 Å². The third kappa shape index (κ3) is 4.07. The van der Waals surface area contributed by atoms with Crippen LogP contribution in [0.3, 0.4) is 0 Å². The normalized spacial score (nSPS) is 17.6. The Morgan fingerprint density at radius 2 is 2.08 bits per heavy atom. The minimum atomic E-state index is -0.0353. The van der Waals surface area contributed by atoms with Gasteiger partial charge in [0.2, 0.25) is 11.9 Å². The van der Waals surface area contributed by atoms with Crippen LogP contribution in [0.15, 0.2) is 30.5 Å². The highest BCUT2D eigenvalue weighted by Gasteiger charge is 2.27. The summed E-state index contributed by atoms with van der Waals surface area (Å²) in [7, 11) is 0. The van der Waals surface area contributed by atoms with Crippen molar-refractivity contribution in [3.63, 3.8) is 0 Å². The van der Waals surface area contributed by atoms with Gasteiger partial charge in [0.25, 0.3) is 0 Å². The maximum atomic E-state index is 12.5. The number of nitrogens with one attached hydrogen (secondary N) is 1. The number of rotatable bonds is 4. The third-order valence-corrected chi connectivity index (χ3v) is 4.22. The maximum Gasteiger partial charge on any atom is 0.225 e. The van der Waals surface area contributed by atoms with E-state index < -0.39 is 0 Å². The van der Waals surface area contributed by atoms with E-state index in [4.69, 9.17) is 0 Å². The monoisotopic (exact) mass is 325 g/mol. The molecule has 3 rings (SSSR count). The number of carbonyl (C=O) groups excluding carboxylic acids is 1. The van der Waals surface area contributed by atoms with Crippen molar-refractivity contribution in [2.75, 3.05) is 18.0 Å². The van der Waals surface area contributed by atoms with Crippen molar-refractivity contribution in [2.45, 2.75) is 33.2 Å². The highest BCUT2D eigenvalue weighted by Crippen LogP contribution is 2.21. The largest absolute Gasteiger partial charge is 0.350 e. The van der Waals surface area contributed by atoms with Crippen LogP contribution in [0.5, 0.6) is 0 Å². The van der Waals surface area contributed by atoms with Gasteiger partial charge in [-0.15, -0.1) is 0 Å². The Morgan fingerprint density at radius 1 is 1.29 bits per heavy atom. The van der Waals surface area contributed by atoms with Crippen molar-refractivity contribution in [3.8, 4) is 0 Å². The molecule has 1 aliphatic rings. The number of piperidine rings is 1. The molecular weight excluding hydrogens is 302 g/mol. The molecule has 1 aliphatic heterocycles. The molecule has 1 fully saturated rings. The first-order chi connectivity index (χ1) is 11.6. The van der Waals surface area contributed by atoms with E-state index in [0.717, 1.165) is 42.4 Å². The van der Waals surface area contributed by atoms with Gasteiger partial charge in [-0.3, -0.25) is 9.78 Å². The van der Waals surface area contributed by atoms with E-state index in [1.165, 1.54) is 0 Å². The zero-order valence-corrected chi connectivity index (χ0v) is 14.2. The number of hydrogen-bond donors (Lipinski definition) is 1. The molecular formula is C18H23N5O. The molecule has 2 aromatic rings. The standard InChI is InChI=1S/C18H23N5O/c1-13-10-14(2)22-18(21-13)23-9-5-6-15(12-23)17(24)20-11-16-7-3-4-8-19-16/h3-4,7-8,10,15H,5-6,9,11-12H2,1-2H3,(H,20,24)/t15-/m1/s1. The second-order valence-corrected chi connectivity index (χ2v) is 6.27. The van der Waals surface area contributed by atoms with Gasteiger partial charge in [0.15, 0.2) is 0 Å². The van der Waals surface area contributed by atoms with Crippen molar-refractivity contribution in [1.29, 1.82) is 0 Å². The molecule has 6 heteroatoms. The van der Waals surface area contributed by atoms with Crippen LogP contribution in [0, 0.1) is 19.8 Å². The molecule has 0 saturated carbocycles. The summed E-state index contributed by atoms with van der Waals surface area (Å²) in [6, 6.07) is 7.67. The molecule has 0 unspecified atom stereocenters. The Hall–Kier alpha value is -2.50. The SMILES string of the molecule is Cc1cc(C)nc(N2CCC[C@@H](C(=O)NCc3ccccn3)C2)n1. The molecule has 24 heavy (non-hydrogen) atoms. The van der Waals surface area contributed by atoms with Gasteiger partial charge >= 0.3 is 0 Å². The van der Waals surface area contributed by atoms with Gasteiger partial charge in [-0.2, -0.15) is 0 Å². The summed E-state index contributed by atoms with van der Waals surface area (Å²) in [5, 5.41) is 2.99. The number of pyridine rings is 1. The highest BCUT2D eigenvalue weighted by molar-refractivity contribution is 5.79. The average Bonchev–Trinajstić information content (AvgIpc) is 2.60. The number of aromatic nitrogens is 3. The van der Waals surface area contributed by atoms with E-state index in [1.54, 1.807) is 6.20 Å². The molecule has 0 bridgehead atoms. The zero-order valence-electron chi connectivity index (χ0n) is 14.2. The molecule has 1 saturated heterocycles. The fourth-order valence-corrected chi connectivity index (χ4v) is 3.05. The molecule has 0 aliphatic carbocycles. The van der Waals surface area contributed by atoms with E-state index in [0.29, 0.717) is 13.1 Å². The average molecular weight is 325 g/mol. The lowest BCUT2D eigenvalue weighted by molar-refractivity contribution is -0.125. The Morgan fingerprint density at radius 3 is 2.79 bits per heavy atom. The lowest BCUT2D eigenvalue weighted by Gasteiger charge is -2.32. The van der Waals surface area contributed by atoms with Gasteiger partial charge in [-0.05, 0) is 44.9 Å². The van der Waals surface area contributed by atoms with Gasteiger partial charge in [-0.1, -0.05) is 6.07 Å². The minimum Gasteiger partial charge on any atom is -0.350 e. The lowest BCUT2D eigenvalue weighted by atomic mass is 9.97. The van der Waals surface area contributed by atoms with Crippen LogP contribution >= 0.6 is 0 Å². The lowest BCUT2D eigenvalue weighted by Crippen LogP contribution is -2.43. The number of carbonyl (C=O) groups is 1. The van der Waals surface area contributed by atoms with E-state index in [9.17, 15) is 4.79 Å². The zero-order chi connectivity index (χ0) is 16.9. The second kappa shape index (κ2) is 7.38. The smallest absolute Gasteiger partial charge is 0.225 e. The summed E-state index contributed by atoms with van der Waals surface area (Å²) in [4.78, 5) is 27.9. The number of aryl methyl sites for hydroxylation is 2. The van der Waals surface area contributed by atoms with Crippen molar-refractivity contribution < 1.29 is 4.79 Å². The maximum absolute atomic E-state index is 12.5. The number of amides is 1. The van der Waals surface area contributed by atoms with Gasteiger partial charge < -0.3 is 10.2 Å². The van der Waals surface area contributed by atoms with Crippen LogP contribution in [0.25, 0.3) is 0 Å². The Bertz CT molecular complexity index is 684. The third-order valence-electron chi connectivity index (χ3n) is 4.22. The predicted octanol–water partition coefficient (Wildman–Crippen LogP) is 2.02. The fraction of sp³-hybridized carbons (Fsp3) is 0.444. The number of hydrogen-bond acceptors (Lipinski definition) is 5. The molecule has 0 aromatic carbocycles. The second-order valence-electron chi connectivity index (χ2n) is 6.27. The molecule has 3 heterocycles. The molecule has 126 valence electrons. The highest BCUT2D eigenvalue weighted by atomic mass is 16.1. The van der Waals surface area contributed by atoms with Gasteiger partial charge in [0.1, 0.15) is 0 Å². The van der Waals surface area contributed by atoms with Crippen LogP contribution in [0.1, 0.15) is 29.9 Å². The summed E-state index contributed by atoms with van der Waals surface area (Å²) >= 11 is 0. The first kappa shape index (κ1) is 16.4. The molecule has 0 spiro atoms. The fourth-order valence-electron chi connectivity index (χ4n) is 3.05. The predicted molar refractivity (Wildman–Crippen MR) is 92.5 cm³/mol. The molecule has 0 radical (unpaired) electrons. The van der Waals surface area contributed by atoms with E-state index in [-0.39, 0.29) is 11.8 Å². The molecule has 1 atom stereocenters. The first-order valence-corrected chi connectivity index (χ1v) is 8.36. The quantitative estimate of drug-likeness (QED) is 0.931. The van der Waals surface area contributed by atoms with Crippen LogP contribution in [-0.2, 0) is 11.3 Å². The van der Waals surface area contributed by atoms with E-state index >= 15 is 0 Å². The van der Waals surface area contributed by atoms with Gasteiger partial charge in [0, 0.05) is 30.7 Å². The first-order valence-electron chi connectivity index (χ1n) is 8.36. The summed E-state index contributed by atoms with van der Waals surface area (Å²) in [5.74, 6) is 0.774. The van der Waals surface area contributed by atoms with E-state index in [1.807, 2.05) is 38.1 Å². The Kier molecular flexibility index (Phi) is 5.03. The minimum absolute atomic E-state index is 0.0353. The summed E-state index contributed by atoms with van der Waals surface area (Å²) in [6.07, 6.45) is 3.61. The van der Waals surface area contributed by atoms with Crippen molar-refractivity contribution in [3.05, 3.63) is 47.5 Å². The van der Waals surface area contributed by atoms with Gasteiger partial charge in [-0.25, -0.2) is 9.97 Å². The van der Waals surface area contributed by atoms with Crippen molar-refractivity contribution in [2.24, 2.45) is 5.92 Å². The Labute approximate surface area is 142 Å². The molecule has 2 aromatic heterocycles. The summed E-state index contributed by atoms with van der Waals surface area (Å²) in [6.45, 7) is 5.97. The number of anilines is 1. The van der Waals surface area contributed by atoms with Gasteiger partial charge in [0.05, 0.1) is 18.2 Å². The molecule has 6 nitrogen and oxygen atoms in total. The summed E-state index contributed by atoms with van der Waals surface area (Å²) in [5.41, 5.74) is 2.79. The molecule has 1 N–H and O–H groups in total. The van der Waals surface area contributed by atoms with Crippen LogP contribution in [-0.4, -0.2) is 33.9 Å². The Balaban J connectivity index is 1.61. The van der Waals surface area contributed by atoms with Crippen LogP contribution in [0.2, 0.25) is 0 Å². The van der Waals surface area contributed by atoms with E-state index in [2.05, 4.69) is 25.2 Å². The van der Waals surface area contributed by atoms with Crippen molar-refractivity contribution in [1.82, 2.24) is 20.3 Å². The number of nitrogens with zero attached hydrogens (tertiary/aromatic N) is 4. The topological polar surface area (TPSA) is 71.0 Å². The molecule has 1 amide bonds. The van der Waals surface area contributed by atoms with Crippen molar-refractivity contribution >= 4 is 11.9 Å².